The molecule has 0 fully saturated rings. The van der Waals surface area contributed by atoms with E-state index in [0.29, 0.717) is 11.6 Å². The SMILES string of the molecule is CC(=O)SCC#Cc1ncccn1. The highest BCUT2D eigenvalue weighted by Crippen LogP contribution is 1.98. The van der Waals surface area contributed by atoms with Gasteiger partial charge in [-0.1, -0.05) is 17.7 Å². The molecule has 0 saturated heterocycles. The molecular formula is C9H8N2OS. The normalized spacial score (nSPS) is 8.69. The number of carbonyl (C=O) groups is 1. The van der Waals surface area contributed by atoms with E-state index in [4.69, 9.17) is 0 Å². The van der Waals surface area contributed by atoms with Crippen LogP contribution in [0.2, 0.25) is 0 Å². The van der Waals surface area contributed by atoms with Gasteiger partial charge in [0, 0.05) is 19.3 Å². The Morgan fingerprint density at radius 2 is 2.23 bits per heavy atom. The minimum absolute atomic E-state index is 0.0725. The second-order valence-electron chi connectivity index (χ2n) is 2.15. The third-order valence-electron chi connectivity index (χ3n) is 1.11. The van der Waals surface area contributed by atoms with E-state index < -0.39 is 0 Å². The van der Waals surface area contributed by atoms with Crippen LogP contribution in [0.5, 0.6) is 0 Å². The molecule has 0 radical (unpaired) electrons. The zero-order valence-corrected chi connectivity index (χ0v) is 7.97. The van der Waals surface area contributed by atoms with E-state index >= 15 is 0 Å². The first-order valence-corrected chi connectivity index (χ1v) is 4.67. The van der Waals surface area contributed by atoms with E-state index in [1.807, 2.05) is 0 Å². The molecule has 1 rings (SSSR count). The summed E-state index contributed by atoms with van der Waals surface area (Å²) in [5.41, 5.74) is 0. The summed E-state index contributed by atoms with van der Waals surface area (Å²) in [6.07, 6.45) is 3.27. The fourth-order valence-electron chi connectivity index (χ4n) is 0.616. The van der Waals surface area contributed by atoms with Crippen molar-refractivity contribution in [1.82, 2.24) is 9.97 Å². The Kier molecular flexibility index (Phi) is 4.00. The van der Waals surface area contributed by atoms with Crippen LogP contribution in [0.4, 0.5) is 0 Å². The van der Waals surface area contributed by atoms with Crippen LogP contribution in [0, 0.1) is 11.8 Å². The molecule has 13 heavy (non-hydrogen) atoms. The summed E-state index contributed by atoms with van der Waals surface area (Å²) in [6, 6.07) is 1.73. The van der Waals surface area contributed by atoms with Crippen molar-refractivity contribution in [3.05, 3.63) is 24.3 Å². The second-order valence-corrected chi connectivity index (χ2v) is 3.31. The summed E-state index contributed by atoms with van der Waals surface area (Å²) < 4.78 is 0. The van der Waals surface area contributed by atoms with Gasteiger partial charge in [0.1, 0.15) is 0 Å². The van der Waals surface area contributed by atoms with Gasteiger partial charge in [-0.05, 0) is 12.0 Å². The van der Waals surface area contributed by atoms with Gasteiger partial charge in [-0.3, -0.25) is 4.79 Å². The molecule has 0 amide bonds. The standard InChI is InChI=1S/C9H8N2OS/c1-8(12)13-7-2-4-9-10-5-3-6-11-9/h3,5-6H,7H2,1H3. The molecular weight excluding hydrogens is 184 g/mol. The number of hydrogen-bond donors (Lipinski definition) is 0. The zero-order chi connectivity index (χ0) is 9.52. The molecule has 0 spiro atoms. The summed E-state index contributed by atoms with van der Waals surface area (Å²) in [5.74, 6) is 6.54. The van der Waals surface area contributed by atoms with Gasteiger partial charge < -0.3 is 0 Å². The lowest BCUT2D eigenvalue weighted by atomic mass is 10.5. The Labute approximate surface area is 81.0 Å². The smallest absolute Gasteiger partial charge is 0.204 e. The van der Waals surface area contributed by atoms with Gasteiger partial charge in [-0.2, -0.15) is 0 Å². The Morgan fingerprint density at radius 1 is 1.54 bits per heavy atom. The van der Waals surface area contributed by atoms with E-state index in [-0.39, 0.29) is 5.12 Å². The van der Waals surface area contributed by atoms with Crippen molar-refractivity contribution in [2.75, 3.05) is 5.75 Å². The highest BCUT2D eigenvalue weighted by molar-refractivity contribution is 8.13. The number of rotatable bonds is 1. The van der Waals surface area contributed by atoms with Gasteiger partial charge in [0.05, 0.1) is 5.75 Å². The van der Waals surface area contributed by atoms with Crippen LogP contribution in [0.3, 0.4) is 0 Å². The first-order chi connectivity index (χ1) is 6.29. The molecule has 0 aliphatic carbocycles. The van der Waals surface area contributed by atoms with Crippen LogP contribution in [0.15, 0.2) is 18.5 Å². The van der Waals surface area contributed by atoms with Gasteiger partial charge in [-0.15, -0.1) is 0 Å². The monoisotopic (exact) mass is 192 g/mol. The minimum Gasteiger partial charge on any atom is -0.288 e. The fourth-order valence-corrected chi connectivity index (χ4v) is 0.964. The van der Waals surface area contributed by atoms with Crippen LogP contribution in [0.25, 0.3) is 0 Å². The van der Waals surface area contributed by atoms with Crippen molar-refractivity contribution in [3.8, 4) is 11.8 Å². The molecule has 0 unspecified atom stereocenters. The molecule has 0 bridgehead atoms. The molecule has 0 N–H and O–H groups in total. The first kappa shape index (κ1) is 9.75. The Hall–Kier alpha value is -1.34. The molecule has 4 heteroatoms. The van der Waals surface area contributed by atoms with Gasteiger partial charge in [-0.25, -0.2) is 9.97 Å². The average Bonchev–Trinajstić information content (AvgIpc) is 2.14. The van der Waals surface area contributed by atoms with Crippen LogP contribution in [-0.2, 0) is 4.79 Å². The lowest BCUT2D eigenvalue weighted by Crippen LogP contribution is -1.86. The number of hydrogen-bond acceptors (Lipinski definition) is 4. The summed E-state index contributed by atoms with van der Waals surface area (Å²) in [4.78, 5) is 18.4. The minimum atomic E-state index is 0.0725. The molecule has 0 aromatic carbocycles. The highest BCUT2D eigenvalue weighted by Gasteiger charge is 1.89. The Bertz CT molecular complexity index is 340. The van der Waals surface area contributed by atoms with Gasteiger partial charge >= 0.3 is 0 Å². The molecule has 0 saturated carbocycles. The predicted octanol–water partition coefficient (Wildman–Crippen LogP) is 1.11. The maximum Gasteiger partial charge on any atom is 0.204 e. The summed E-state index contributed by atoms with van der Waals surface area (Å²) >= 11 is 1.18. The molecule has 66 valence electrons. The molecule has 1 aromatic rings. The molecule has 3 nitrogen and oxygen atoms in total. The van der Waals surface area contributed by atoms with Crippen molar-refractivity contribution in [1.29, 1.82) is 0 Å². The number of nitrogens with zero attached hydrogens (tertiary/aromatic N) is 2. The van der Waals surface area contributed by atoms with Crippen LogP contribution >= 0.6 is 11.8 Å². The topological polar surface area (TPSA) is 42.9 Å². The van der Waals surface area contributed by atoms with Crippen LogP contribution in [0.1, 0.15) is 12.7 Å². The summed E-state index contributed by atoms with van der Waals surface area (Å²) in [7, 11) is 0. The highest BCUT2D eigenvalue weighted by atomic mass is 32.2. The Balaban J connectivity index is 2.44. The largest absolute Gasteiger partial charge is 0.288 e. The van der Waals surface area contributed by atoms with Crippen molar-refractivity contribution >= 4 is 16.9 Å². The van der Waals surface area contributed by atoms with Crippen molar-refractivity contribution < 1.29 is 4.79 Å². The average molecular weight is 192 g/mol. The lowest BCUT2D eigenvalue weighted by molar-refractivity contribution is -0.109. The maximum absolute atomic E-state index is 10.5. The fraction of sp³-hybridized carbons (Fsp3) is 0.222. The van der Waals surface area contributed by atoms with Gasteiger partial charge in [0.25, 0.3) is 0 Å². The Morgan fingerprint density at radius 3 is 2.85 bits per heavy atom. The predicted molar refractivity (Wildman–Crippen MR) is 52.0 cm³/mol. The number of carbonyl (C=O) groups excluding carboxylic acids is 1. The van der Waals surface area contributed by atoms with E-state index in [2.05, 4.69) is 21.8 Å². The molecule has 0 aliphatic heterocycles. The first-order valence-electron chi connectivity index (χ1n) is 3.68. The third-order valence-corrected chi connectivity index (χ3v) is 1.81. The second kappa shape index (κ2) is 5.33. The van der Waals surface area contributed by atoms with E-state index in [9.17, 15) is 4.79 Å². The molecule has 1 aromatic heterocycles. The molecule has 0 atom stereocenters. The van der Waals surface area contributed by atoms with Crippen LogP contribution < -0.4 is 0 Å². The zero-order valence-electron chi connectivity index (χ0n) is 7.15. The van der Waals surface area contributed by atoms with Crippen molar-refractivity contribution in [2.24, 2.45) is 0 Å². The van der Waals surface area contributed by atoms with Gasteiger partial charge in [0.2, 0.25) is 5.82 Å². The van der Waals surface area contributed by atoms with Gasteiger partial charge in [0.15, 0.2) is 5.12 Å². The third kappa shape index (κ3) is 4.28. The lowest BCUT2D eigenvalue weighted by Gasteiger charge is -1.85. The van der Waals surface area contributed by atoms with Crippen molar-refractivity contribution in [3.63, 3.8) is 0 Å². The van der Waals surface area contributed by atoms with Crippen molar-refractivity contribution in [2.45, 2.75) is 6.92 Å². The quantitative estimate of drug-likeness (QED) is 0.625. The van der Waals surface area contributed by atoms with E-state index in [1.54, 1.807) is 18.5 Å². The van der Waals surface area contributed by atoms with Crippen LogP contribution in [-0.4, -0.2) is 20.8 Å². The molecule has 0 aliphatic rings. The maximum atomic E-state index is 10.5. The summed E-state index contributed by atoms with van der Waals surface area (Å²) in [6.45, 7) is 1.52. The summed E-state index contributed by atoms with van der Waals surface area (Å²) in [5, 5.41) is 0.0725. The van der Waals surface area contributed by atoms with E-state index in [1.165, 1.54) is 18.7 Å². The van der Waals surface area contributed by atoms with E-state index in [0.717, 1.165) is 0 Å². The number of aromatic nitrogens is 2. The molecule has 1 heterocycles. The number of thioether (sulfide) groups is 1.